The second kappa shape index (κ2) is 7.15. The van der Waals surface area contributed by atoms with Crippen LogP contribution >= 0.6 is 0 Å². The van der Waals surface area contributed by atoms with Crippen LogP contribution in [0.25, 0.3) is 0 Å². The van der Waals surface area contributed by atoms with E-state index in [-0.39, 0.29) is 17.4 Å². The van der Waals surface area contributed by atoms with Crippen molar-refractivity contribution in [2.24, 2.45) is 0 Å². The van der Waals surface area contributed by atoms with Crippen molar-refractivity contribution < 1.29 is 14.0 Å². The van der Waals surface area contributed by atoms with Crippen LogP contribution in [0.5, 0.6) is 0 Å². The smallest absolute Gasteiger partial charge is 0.289 e. The highest BCUT2D eigenvalue weighted by Gasteiger charge is 2.27. The number of anilines is 1. The van der Waals surface area contributed by atoms with E-state index in [4.69, 9.17) is 4.42 Å². The molecule has 1 aliphatic rings. The number of furan rings is 1. The fraction of sp³-hybridized carbons (Fsp3) is 0.444. The first kappa shape index (κ1) is 17.9. The number of nitrogens with one attached hydrogen (secondary N) is 1. The molecule has 0 aromatic carbocycles. The van der Waals surface area contributed by atoms with E-state index in [2.05, 4.69) is 15.5 Å². The first-order valence-corrected chi connectivity index (χ1v) is 8.57. The summed E-state index contributed by atoms with van der Waals surface area (Å²) in [5, 5.41) is 11.3. The number of hydrogen-bond acceptors (Lipinski definition) is 6. The van der Waals surface area contributed by atoms with Crippen LogP contribution in [-0.4, -0.2) is 63.5 Å². The van der Waals surface area contributed by atoms with Gasteiger partial charge in [-0.1, -0.05) is 0 Å². The van der Waals surface area contributed by atoms with E-state index in [1.807, 2.05) is 20.8 Å². The Balaban J connectivity index is 1.57. The monoisotopic (exact) mass is 357 g/mol. The first-order valence-electron chi connectivity index (χ1n) is 8.57. The van der Waals surface area contributed by atoms with E-state index >= 15 is 0 Å². The summed E-state index contributed by atoms with van der Waals surface area (Å²) in [5.41, 5.74) is 0.173. The molecule has 0 atom stereocenters. The number of nitrogens with zero attached hydrogens (tertiary/aromatic N) is 4. The second-order valence-electron chi connectivity index (χ2n) is 7.24. The van der Waals surface area contributed by atoms with E-state index in [1.165, 1.54) is 6.26 Å². The highest BCUT2D eigenvalue weighted by molar-refractivity contribution is 5.93. The lowest BCUT2D eigenvalue weighted by Crippen LogP contribution is -2.50. The van der Waals surface area contributed by atoms with E-state index < -0.39 is 0 Å². The molecule has 0 unspecified atom stereocenters. The molecule has 1 N–H and O–H groups in total. The molecule has 3 heterocycles. The van der Waals surface area contributed by atoms with E-state index in [9.17, 15) is 9.59 Å². The average Bonchev–Trinajstić information content (AvgIpc) is 3.14. The zero-order valence-electron chi connectivity index (χ0n) is 15.2. The third kappa shape index (κ3) is 4.19. The lowest BCUT2D eigenvalue weighted by atomic mass is 10.1. The van der Waals surface area contributed by atoms with Gasteiger partial charge in [0.1, 0.15) is 5.82 Å². The highest BCUT2D eigenvalue weighted by atomic mass is 16.3. The number of piperazine rings is 1. The van der Waals surface area contributed by atoms with Crippen LogP contribution in [0.3, 0.4) is 0 Å². The summed E-state index contributed by atoms with van der Waals surface area (Å²) in [5.74, 6) is 0.616. The molecule has 0 saturated carbocycles. The first-order chi connectivity index (χ1) is 12.3. The molecule has 2 aromatic rings. The van der Waals surface area contributed by atoms with Gasteiger partial charge in [-0.2, -0.15) is 0 Å². The predicted octanol–water partition coefficient (Wildman–Crippen LogP) is 1.88. The minimum absolute atomic E-state index is 0.128. The van der Waals surface area contributed by atoms with E-state index in [0.717, 1.165) is 0 Å². The number of carbonyl (C=O) groups is 2. The van der Waals surface area contributed by atoms with Gasteiger partial charge in [-0.15, -0.1) is 10.2 Å². The molecule has 1 fully saturated rings. The van der Waals surface area contributed by atoms with Crippen LogP contribution in [-0.2, 0) is 0 Å². The Morgan fingerprint density at radius 3 is 2.15 bits per heavy atom. The Bertz CT molecular complexity index is 757. The van der Waals surface area contributed by atoms with Crippen molar-refractivity contribution in [3.63, 3.8) is 0 Å². The number of amides is 2. The van der Waals surface area contributed by atoms with Crippen molar-refractivity contribution >= 4 is 17.6 Å². The van der Waals surface area contributed by atoms with Gasteiger partial charge in [0, 0.05) is 31.7 Å². The summed E-state index contributed by atoms with van der Waals surface area (Å²) >= 11 is 0. The molecule has 3 rings (SSSR count). The Hall–Kier alpha value is -2.90. The summed E-state index contributed by atoms with van der Waals surface area (Å²) in [7, 11) is 0. The molecular weight excluding hydrogens is 334 g/mol. The van der Waals surface area contributed by atoms with Crippen LogP contribution in [0.2, 0.25) is 0 Å². The molecule has 2 amide bonds. The van der Waals surface area contributed by atoms with Gasteiger partial charge in [0.05, 0.1) is 6.26 Å². The second-order valence-corrected chi connectivity index (χ2v) is 7.24. The highest BCUT2D eigenvalue weighted by Crippen LogP contribution is 2.14. The average molecular weight is 357 g/mol. The molecule has 8 nitrogen and oxygen atoms in total. The molecule has 0 radical (unpaired) electrons. The van der Waals surface area contributed by atoms with Gasteiger partial charge in [-0.3, -0.25) is 9.59 Å². The fourth-order valence-corrected chi connectivity index (χ4v) is 2.73. The maximum Gasteiger partial charge on any atom is 0.289 e. The minimum atomic E-state index is -0.176. The van der Waals surface area contributed by atoms with Crippen molar-refractivity contribution in [2.75, 3.05) is 31.5 Å². The van der Waals surface area contributed by atoms with Crippen molar-refractivity contribution in [3.8, 4) is 0 Å². The van der Waals surface area contributed by atoms with Gasteiger partial charge in [-0.25, -0.2) is 0 Å². The van der Waals surface area contributed by atoms with Crippen LogP contribution in [0, 0.1) is 0 Å². The number of hydrogen-bond donors (Lipinski definition) is 1. The van der Waals surface area contributed by atoms with E-state index in [0.29, 0.717) is 43.5 Å². The standard InChI is InChI=1S/C18H23N5O3/c1-18(2,3)19-15-7-6-13(20-21-15)16(24)22-8-10-23(11-9-22)17(25)14-5-4-12-26-14/h4-7,12H,8-11H2,1-3H3,(H,19,21). The molecular formula is C18H23N5O3. The third-order valence-corrected chi connectivity index (χ3v) is 3.97. The van der Waals surface area contributed by atoms with Gasteiger partial charge in [0.2, 0.25) is 0 Å². The minimum Gasteiger partial charge on any atom is -0.459 e. The van der Waals surface area contributed by atoms with Gasteiger partial charge >= 0.3 is 0 Å². The molecule has 1 saturated heterocycles. The fourth-order valence-electron chi connectivity index (χ4n) is 2.73. The van der Waals surface area contributed by atoms with Crippen molar-refractivity contribution in [2.45, 2.75) is 26.3 Å². The normalized spacial score (nSPS) is 15.0. The SMILES string of the molecule is CC(C)(C)Nc1ccc(C(=O)N2CCN(C(=O)c3ccco3)CC2)nn1. The zero-order chi connectivity index (χ0) is 18.7. The lowest BCUT2D eigenvalue weighted by Gasteiger charge is -2.34. The summed E-state index contributed by atoms with van der Waals surface area (Å²) < 4.78 is 5.14. The van der Waals surface area contributed by atoms with Crippen molar-refractivity contribution in [1.82, 2.24) is 20.0 Å². The van der Waals surface area contributed by atoms with Crippen molar-refractivity contribution in [1.29, 1.82) is 0 Å². The lowest BCUT2D eigenvalue weighted by molar-refractivity contribution is 0.0514. The quantitative estimate of drug-likeness (QED) is 0.902. The summed E-state index contributed by atoms with van der Waals surface area (Å²) in [6, 6.07) is 6.75. The Kier molecular flexibility index (Phi) is 4.92. The largest absolute Gasteiger partial charge is 0.459 e. The maximum atomic E-state index is 12.6. The number of carbonyl (C=O) groups excluding carboxylic acids is 2. The van der Waals surface area contributed by atoms with Crippen LogP contribution in [0.1, 0.15) is 41.8 Å². The Morgan fingerprint density at radius 1 is 1.00 bits per heavy atom. The zero-order valence-corrected chi connectivity index (χ0v) is 15.2. The maximum absolute atomic E-state index is 12.6. The summed E-state index contributed by atoms with van der Waals surface area (Å²) in [4.78, 5) is 28.2. The molecule has 0 bridgehead atoms. The molecule has 8 heteroatoms. The predicted molar refractivity (Wildman–Crippen MR) is 95.9 cm³/mol. The third-order valence-electron chi connectivity index (χ3n) is 3.97. The van der Waals surface area contributed by atoms with Crippen LogP contribution in [0.15, 0.2) is 34.9 Å². The van der Waals surface area contributed by atoms with Crippen LogP contribution < -0.4 is 5.32 Å². The van der Waals surface area contributed by atoms with Gasteiger partial charge < -0.3 is 19.5 Å². The van der Waals surface area contributed by atoms with Gasteiger partial charge in [0.15, 0.2) is 11.5 Å². The number of rotatable bonds is 3. The van der Waals surface area contributed by atoms with Crippen molar-refractivity contribution in [3.05, 3.63) is 42.0 Å². The van der Waals surface area contributed by atoms with E-state index in [1.54, 1.807) is 34.1 Å². The molecule has 0 spiro atoms. The molecule has 2 aromatic heterocycles. The van der Waals surface area contributed by atoms with Gasteiger partial charge in [0.25, 0.3) is 11.8 Å². The number of aromatic nitrogens is 2. The molecule has 138 valence electrons. The summed E-state index contributed by atoms with van der Waals surface area (Å²) in [6.45, 7) is 7.90. The molecule has 26 heavy (non-hydrogen) atoms. The molecule has 1 aliphatic heterocycles. The van der Waals surface area contributed by atoms with Crippen LogP contribution in [0.4, 0.5) is 5.82 Å². The Labute approximate surface area is 152 Å². The Morgan fingerprint density at radius 2 is 1.65 bits per heavy atom. The van der Waals surface area contributed by atoms with Gasteiger partial charge in [-0.05, 0) is 45.0 Å². The topological polar surface area (TPSA) is 91.6 Å². The molecule has 0 aliphatic carbocycles. The summed E-state index contributed by atoms with van der Waals surface area (Å²) in [6.07, 6.45) is 1.48.